The molecule has 0 saturated heterocycles. The van der Waals surface area contributed by atoms with E-state index in [0.717, 1.165) is 141 Å². The Morgan fingerprint density at radius 2 is 0.574 bits per heavy atom. The van der Waals surface area contributed by atoms with Crippen LogP contribution < -0.4 is 4.89 Å². The van der Waals surface area contributed by atoms with Crippen LogP contribution in [0.1, 0.15) is 296 Å². The van der Waals surface area contributed by atoms with Gasteiger partial charge in [0.2, 0.25) is 0 Å². The van der Waals surface area contributed by atoms with Gasteiger partial charge in [0.15, 0.2) is 6.10 Å². The minimum Gasteiger partial charge on any atom is -0.756 e. The van der Waals surface area contributed by atoms with Crippen LogP contribution in [0.25, 0.3) is 0 Å². The van der Waals surface area contributed by atoms with Crippen molar-refractivity contribution < 1.29 is 42.1 Å². The second-order valence-corrected chi connectivity index (χ2v) is 27.3. The van der Waals surface area contributed by atoms with E-state index in [1.807, 2.05) is 21.1 Å². The number of nitrogens with zero attached hydrogens (tertiary/aromatic N) is 1. The first-order valence-electron chi connectivity index (χ1n) is 37.8. The van der Waals surface area contributed by atoms with Crippen molar-refractivity contribution in [2.75, 3.05) is 47.5 Å². The van der Waals surface area contributed by atoms with Crippen molar-refractivity contribution in [3.05, 3.63) is 170 Å². The fourth-order valence-corrected chi connectivity index (χ4v) is 10.8. The van der Waals surface area contributed by atoms with Gasteiger partial charge in [-0.2, -0.15) is 0 Å². The zero-order valence-corrected chi connectivity index (χ0v) is 61.7. The Bertz CT molecular complexity index is 2200. The SMILES string of the molecule is CC/C=C\C/C=C\C/C=C\C/C=C\C/C=C\C/C=C\C/C=C\C/C=C\C/C=C\CCCCCCCCCC(=O)OC(COC(=O)CCCCCCCCCCCCCCCCCCCCC/C=C\C/C=C\C/C=C\C/C=C\C/C=C\CC)COP(=O)([O-])OCC[N+](C)(C)C. The van der Waals surface area contributed by atoms with Crippen LogP contribution in [0.15, 0.2) is 170 Å². The summed E-state index contributed by atoms with van der Waals surface area (Å²) in [6, 6.07) is 0. The molecule has 0 amide bonds. The molecule has 0 spiro atoms. The molecular formula is C84H140NO8P. The van der Waals surface area contributed by atoms with Gasteiger partial charge < -0.3 is 27.9 Å². The number of unbranched alkanes of at least 4 members (excludes halogenated alkanes) is 26. The van der Waals surface area contributed by atoms with Crippen LogP contribution in [0.4, 0.5) is 0 Å². The largest absolute Gasteiger partial charge is 0.756 e. The van der Waals surface area contributed by atoms with Gasteiger partial charge in [0, 0.05) is 12.8 Å². The van der Waals surface area contributed by atoms with Crippen LogP contribution in [0.5, 0.6) is 0 Å². The van der Waals surface area contributed by atoms with Crippen molar-refractivity contribution in [2.45, 2.75) is 302 Å². The Labute approximate surface area is 578 Å². The summed E-state index contributed by atoms with van der Waals surface area (Å²) in [5, 5.41) is 0. The highest BCUT2D eigenvalue weighted by Crippen LogP contribution is 2.38. The lowest BCUT2D eigenvalue weighted by Crippen LogP contribution is -2.37. The predicted molar refractivity (Wildman–Crippen MR) is 406 cm³/mol. The van der Waals surface area contributed by atoms with Crippen molar-refractivity contribution in [3.63, 3.8) is 0 Å². The molecule has 0 N–H and O–H groups in total. The van der Waals surface area contributed by atoms with Gasteiger partial charge in [0.05, 0.1) is 27.7 Å². The molecular weight excluding hydrogens is 1180 g/mol. The van der Waals surface area contributed by atoms with Crippen LogP contribution in [-0.4, -0.2) is 70.0 Å². The first kappa shape index (κ1) is 89.4. The number of carbonyl (C=O) groups is 2. The Morgan fingerprint density at radius 3 is 0.851 bits per heavy atom. The quantitative estimate of drug-likeness (QED) is 0.0195. The fourth-order valence-electron chi connectivity index (χ4n) is 10.0. The molecule has 0 radical (unpaired) electrons. The van der Waals surface area contributed by atoms with E-state index in [0.29, 0.717) is 17.4 Å². The molecule has 9 nitrogen and oxygen atoms in total. The van der Waals surface area contributed by atoms with Crippen molar-refractivity contribution in [3.8, 4) is 0 Å². The van der Waals surface area contributed by atoms with Crippen LogP contribution in [0.2, 0.25) is 0 Å². The topological polar surface area (TPSA) is 111 Å². The van der Waals surface area contributed by atoms with E-state index in [1.165, 1.54) is 122 Å². The number of rotatable bonds is 68. The summed E-state index contributed by atoms with van der Waals surface area (Å²) < 4.78 is 34.4. The summed E-state index contributed by atoms with van der Waals surface area (Å²) in [5.41, 5.74) is 0. The van der Waals surface area contributed by atoms with E-state index in [4.69, 9.17) is 18.5 Å². The van der Waals surface area contributed by atoms with E-state index in [-0.39, 0.29) is 32.0 Å². The molecule has 0 bridgehead atoms. The first-order chi connectivity index (χ1) is 46.0. The van der Waals surface area contributed by atoms with Gasteiger partial charge in [-0.1, -0.05) is 325 Å². The number of esters is 2. The number of allylic oxidation sites excluding steroid dienone is 28. The number of phosphoric ester groups is 1. The fraction of sp³-hybridized carbons (Fsp3) is 0.643. The van der Waals surface area contributed by atoms with E-state index in [9.17, 15) is 19.0 Å². The Morgan fingerprint density at radius 1 is 0.330 bits per heavy atom. The molecule has 0 aromatic heterocycles. The van der Waals surface area contributed by atoms with Gasteiger partial charge in [0.1, 0.15) is 19.8 Å². The summed E-state index contributed by atoms with van der Waals surface area (Å²) in [4.78, 5) is 38.2. The third-order valence-electron chi connectivity index (χ3n) is 15.7. The van der Waals surface area contributed by atoms with E-state index in [1.54, 1.807) is 0 Å². The molecule has 0 aliphatic heterocycles. The van der Waals surface area contributed by atoms with Crippen LogP contribution in [0, 0.1) is 0 Å². The summed E-state index contributed by atoms with van der Waals surface area (Å²) in [7, 11) is 1.15. The van der Waals surface area contributed by atoms with Crippen LogP contribution in [0.3, 0.4) is 0 Å². The standard InChI is InChI=1S/C84H140NO8P/c1-6-8-10-12-14-16-18-20-22-24-26-28-30-32-34-36-38-40-42-44-46-48-50-52-54-56-58-60-62-64-66-68-70-72-74-76-83(86)90-80-82(81-92-94(88,89)91-79-78-85(3,4)5)93-84(87)77-75-73-71-69-67-65-63-61-59-57-55-53-51-49-47-45-43-41-39-37-35-33-31-29-27-25-23-21-19-17-15-13-11-9-7-2/h8-11,14-17,20-23,26-29,32-35,39,41,45,47,51,53,57,59,82H,6-7,12-13,18-19,24-25,30-31,36-38,40,42-44,46,48-50,52,54-56,58,60-81H2,1-5H3/b10-8-,11-9-,16-14-,17-15-,22-20-,23-21-,28-26-,29-27-,34-32-,35-33-,41-39-,47-45-,53-51-,59-57-. The lowest BCUT2D eigenvalue weighted by Gasteiger charge is -2.28. The number of hydrogen-bond acceptors (Lipinski definition) is 8. The zero-order valence-electron chi connectivity index (χ0n) is 60.8. The molecule has 0 aromatic carbocycles. The molecule has 0 aliphatic rings. The van der Waals surface area contributed by atoms with Gasteiger partial charge in [-0.15, -0.1) is 0 Å². The van der Waals surface area contributed by atoms with E-state index in [2.05, 4.69) is 184 Å². The van der Waals surface area contributed by atoms with Gasteiger partial charge in [0.25, 0.3) is 7.82 Å². The monoisotopic (exact) mass is 1320 g/mol. The number of hydrogen-bond donors (Lipinski definition) is 0. The van der Waals surface area contributed by atoms with Gasteiger partial charge in [-0.25, -0.2) is 0 Å². The molecule has 94 heavy (non-hydrogen) atoms. The van der Waals surface area contributed by atoms with Gasteiger partial charge in [-0.3, -0.25) is 14.2 Å². The van der Waals surface area contributed by atoms with Crippen LogP contribution in [-0.2, 0) is 32.7 Å². The van der Waals surface area contributed by atoms with E-state index >= 15 is 0 Å². The van der Waals surface area contributed by atoms with Crippen molar-refractivity contribution in [2.24, 2.45) is 0 Å². The van der Waals surface area contributed by atoms with Gasteiger partial charge >= 0.3 is 11.9 Å². The van der Waals surface area contributed by atoms with E-state index < -0.39 is 26.5 Å². The third kappa shape index (κ3) is 76.4. The molecule has 0 heterocycles. The molecule has 0 fully saturated rings. The minimum absolute atomic E-state index is 0.0403. The normalized spacial score (nSPS) is 14.1. The smallest absolute Gasteiger partial charge is 0.306 e. The lowest BCUT2D eigenvalue weighted by molar-refractivity contribution is -0.870. The second kappa shape index (κ2) is 72.6. The van der Waals surface area contributed by atoms with Gasteiger partial charge in [-0.05, 0) is 128 Å². The molecule has 2 unspecified atom stereocenters. The first-order valence-corrected chi connectivity index (χ1v) is 39.3. The molecule has 10 heteroatoms. The molecule has 0 rings (SSSR count). The number of quaternary nitrogens is 1. The maximum absolute atomic E-state index is 12.9. The highest BCUT2D eigenvalue weighted by Gasteiger charge is 2.22. The van der Waals surface area contributed by atoms with Crippen molar-refractivity contribution >= 4 is 19.8 Å². The maximum atomic E-state index is 12.9. The summed E-state index contributed by atoms with van der Waals surface area (Å²) >= 11 is 0. The minimum atomic E-state index is -4.66. The average molecular weight is 1320 g/mol. The Balaban J connectivity index is 4.07. The summed E-state index contributed by atoms with van der Waals surface area (Å²) in [5.74, 6) is -0.848. The number of phosphoric acid groups is 1. The highest BCUT2D eigenvalue weighted by atomic mass is 31.2. The molecule has 0 saturated carbocycles. The molecule has 534 valence electrons. The highest BCUT2D eigenvalue weighted by molar-refractivity contribution is 7.45. The molecule has 0 aliphatic carbocycles. The number of likely N-dealkylation sites (N-methyl/N-ethyl adjacent to an activating group) is 1. The molecule has 2 atom stereocenters. The zero-order chi connectivity index (χ0) is 68.3. The summed E-state index contributed by atoms with van der Waals surface area (Å²) in [6.45, 7) is 4.00. The predicted octanol–water partition coefficient (Wildman–Crippen LogP) is 24.6. The second-order valence-electron chi connectivity index (χ2n) is 25.9. The lowest BCUT2D eigenvalue weighted by atomic mass is 10.0. The van der Waals surface area contributed by atoms with Crippen molar-refractivity contribution in [1.82, 2.24) is 0 Å². The average Bonchev–Trinajstić information content (AvgIpc) is 1.68. The summed E-state index contributed by atoms with van der Waals surface area (Å²) in [6.07, 6.45) is 110. The number of ether oxygens (including phenoxy) is 2. The third-order valence-corrected chi connectivity index (χ3v) is 16.7. The Hall–Kier alpha value is -4.63. The molecule has 0 aromatic rings. The maximum Gasteiger partial charge on any atom is 0.306 e. The number of carbonyl (C=O) groups excluding carboxylic acids is 2. The Kier molecular flexibility index (Phi) is 69.1. The van der Waals surface area contributed by atoms with Crippen molar-refractivity contribution in [1.29, 1.82) is 0 Å². The van der Waals surface area contributed by atoms with Crippen LogP contribution >= 0.6 is 7.82 Å².